The van der Waals surface area contributed by atoms with Crippen molar-refractivity contribution < 1.29 is 24.5 Å². The molecule has 6 nitrogen and oxygen atoms in total. The van der Waals surface area contributed by atoms with Crippen molar-refractivity contribution >= 4 is 11.9 Å². The second-order valence-electron chi connectivity index (χ2n) is 23.9. The first-order valence-corrected chi connectivity index (χ1v) is 34.9. The average Bonchev–Trinajstić information content (AvgIpc) is 3.44. The first-order valence-electron chi connectivity index (χ1n) is 34.9. The maximum absolute atomic E-state index is 12.5. The standard InChI is InChI=1S/C72H135NO5/c1-3-5-7-9-11-13-15-17-37-41-44-48-52-56-60-64-70(75)69(68-74)73-71(76)65-61-57-53-49-45-42-38-35-33-31-29-27-25-23-21-19-18-20-22-24-26-28-30-32-34-36-39-43-47-51-55-59-63-67-78-72(77)66-62-58-54-50-46-40-16-14-12-10-8-6-4-2/h8,10,14,16,22,24,28,30,69-70,74-75H,3-7,9,11-13,15,17-21,23,25-27,29,31-68H2,1-2H3,(H,73,76)/b10-8-,16-14-,24-22-,30-28-. The maximum Gasteiger partial charge on any atom is 0.305 e. The van der Waals surface area contributed by atoms with Gasteiger partial charge in [-0.05, 0) is 83.5 Å². The van der Waals surface area contributed by atoms with E-state index in [0.29, 0.717) is 25.9 Å². The lowest BCUT2D eigenvalue weighted by atomic mass is 10.0. The van der Waals surface area contributed by atoms with Gasteiger partial charge in [-0.2, -0.15) is 0 Å². The molecule has 0 bridgehead atoms. The Bertz CT molecular complexity index is 1310. The van der Waals surface area contributed by atoms with Crippen LogP contribution >= 0.6 is 0 Å². The Labute approximate surface area is 486 Å². The molecular formula is C72H135NO5. The van der Waals surface area contributed by atoms with E-state index in [0.717, 1.165) is 57.8 Å². The van der Waals surface area contributed by atoms with E-state index in [-0.39, 0.29) is 18.5 Å². The quantitative estimate of drug-likeness (QED) is 0.0320. The normalized spacial score (nSPS) is 12.8. The van der Waals surface area contributed by atoms with Gasteiger partial charge in [0.25, 0.3) is 0 Å². The molecule has 0 spiro atoms. The third kappa shape index (κ3) is 63.0. The molecule has 0 rings (SSSR count). The van der Waals surface area contributed by atoms with Gasteiger partial charge in [-0.15, -0.1) is 0 Å². The van der Waals surface area contributed by atoms with E-state index in [2.05, 4.69) is 67.8 Å². The molecule has 0 saturated carbocycles. The molecule has 0 aliphatic rings. The van der Waals surface area contributed by atoms with E-state index in [1.165, 1.54) is 283 Å². The van der Waals surface area contributed by atoms with E-state index in [4.69, 9.17) is 4.74 Å². The Morgan fingerprint density at radius 2 is 0.667 bits per heavy atom. The number of carbonyl (C=O) groups is 2. The van der Waals surface area contributed by atoms with Gasteiger partial charge in [0.2, 0.25) is 5.91 Å². The van der Waals surface area contributed by atoms with E-state index < -0.39 is 12.1 Å². The first kappa shape index (κ1) is 75.8. The molecule has 458 valence electrons. The van der Waals surface area contributed by atoms with Crippen molar-refractivity contribution in [3.63, 3.8) is 0 Å². The van der Waals surface area contributed by atoms with Gasteiger partial charge in [-0.1, -0.05) is 326 Å². The molecule has 1 amide bonds. The minimum atomic E-state index is -0.663. The van der Waals surface area contributed by atoms with Gasteiger partial charge < -0.3 is 20.3 Å². The van der Waals surface area contributed by atoms with Crippen molar-refractivity contribution in [2.45, 2.75) is 386 Å². The summed E-state index contributed by atoms with van der Waals surface area (Å²) < 4.78 is 5.47. The molecule has 0 radical (unpaired) electrons. The number of aliphatic hydroxyl groups is 2. The monoisotopic (exact) mass is 1090 g/mol. The second kappa shape index (κ2) is 67.3. The fourth-order valence-electron chi connectivity index (χ4n) is 10.8. The fourth-order valence-corrected chi connectivity index (χ4v) is 10.8. The number of aliphatic hydroxyl groups excluding tert-OH is 2. The van der Waals surface area contributed by atoms with Crippen LogP contribution in [0.25, 0.3) is 0 Å². The van der Waals surface area contributed by atoms with Gasteiger partial charge in [0.05, 0.1) is 25.4 Å². The number of hydrogen-bond donors (Lipinski definition) is 3. The molecule has 0 aliphatic heterocycles. The van der Waals surface area contributed by atoms with E-state index in [9.17, 15) is 19.8 Å². The molecule has 78 heavy (non-hydrogen) atoms. The summed E-state index contributed by atoms with van der Waals surface area (Å²) in [7, 11) is 0. The van der Waals surface area contributed by atoms with Gasteiger partial charge in [0, 0.05) is 12.8 Å². The minimum absolute atomic E-state index is 0.00128. The van der Waals surface area contributed by atoms with Crippen LogP contribution in [0.15, 0.2) is 48.6 Å². The highest BCUT2D eigenvalue weighted by molar-refractivity contribution is 5.76. The molecule has 0 aromatic carbocycles. The summed E-state index contributed by atoms with van der Waals surface area (Å²) in [6.07, 6.45) is 87.3. The summed E-state index contributed by atoms with van der Waals surface area (Å²) in [5.41, 5.74) is 0. The molecule has 0 aromatic rings. The lowest BCUT2D eigenvalue weighted by molar-refractivity contribution is -0.143. The number of hydrogen-bond acceptors (Lipinski definition) is 5. The van der Waals surface area contributed by atoms with Gasteiger partial charge in [-0.25, -0.2) is 0 Å². The molecular weight excluding hydrogens is 959 g/mol. The average molecular weight is 1090 g/mol. The lowest BCUT2D eigenvalue weighted by Crippen LogP contribution is -2.45. The molecule has 2 unspecified atom stereocenters. The van der Waals surface area contributed by atoms with Crippen molar-refractivity contribution in [1.29, 1.82) is 0 Å². The zero-order valence-corrected chi connectivity index (χ0v) is 52.4. The first-order chi connectivity index (χ1) is 38.5. The third-order valence-corrected chi connectivity index (χ3v) is 16.1. The maximum atomic E-state index is 12.5. The SMILES string of the molecule is CCC/C=C\C/C=C\CCCCCCCC(=O)OCCCCCCCCCCC/C=C\C/C=C\CCCCCCCCCCCCCCCCCCCC(=O)NC(CO)C(O)CCCCCCCCCCCCCCCCC. The number of carbonyl (C=O) groups excluding carboxylic acids is 2. The predicted molar refractivity (Wildman–Crippen MR) is 342 cm³/mol. The van der Waals surface area contributed by atoms with Crippen molar-refractivity contribution in [2.75, 3.05) is 13.2 Å². The van der Waals surface area contributed by atoms with E-state index in [1.54, 1.807) is 0 Å². The van der Waals surface area contributed by atoms with Crippen LogP contribution in [0.2, 0.25) is 0 Å². The molecule has 0 saturated heterocycles. The van der Waals surface area contributed by atoms with Gasteiger partial charge in [-0.3, -0.25) is 9.59 Å². The highest BCUT2D eigenvalue weighted by atomic mass is 16.5. The highest BCUT2D eigenvalue weighted by Crippen LogP contribution is 2.18. The summed E-state index contributed by atoms with van der Waals surface area (Å²) >= 11 is 0. The zero-order chi connectivity index (χ0) is 56.4. The van der Waals surface area contributed by atoms with Crippen LogP contribution < -0.4 is 5.32 Å². The number of rotatable bonds is 65. The molecule has 0 aromatic heterocycles. The summed E-state index contributed by atoms with van der Waals surface area (Å²) in [6.45, 7) is 4.90. The van der Waals surface area contributed by atoms with E-state index in [1.807, 2.05) is 0 Å². The van der Waals surface area contributed by atoms with Crippen molar-refractivity contribution in [2.24, 2.45) is 0 Å². The van der Waals surface area contributed by atoms with E-state index >= 15 is 0 Å². The summed E-state index contributed by atoms with van der Waals surface area (Å²) in [5, 5.41) is 23.3. The summed E-state index contributed by atoms with van der Waals surface area (Å²) in [4.78, 5) is 24.5. The van der Waals surface area contributed by atoms with Gasteiger partial charge in [0.1, 0.15) is 0 Å². The Morgan fingerprint density at radius 3 is 1.03 bits per heavy atom. The lowest BCUT2D eigenvalue weighted by Gasteiger charge is -2.22. The Hall–Kier alpha value is -2.18. The minimum Gasteiger partial charge on any atom is -0.466 e. The summed E-state index contributed by atoms with van der Waals surface area (Å²) in [6, 6.07) is -0.540. The molecule has 0 aliphatic carbocycles. The molecule has 0 heterocycles. The van der Waals surface area contributed by atoms with Crippen LogP contribution in [0.3, 0.4) is 0 Å². The molecule has 6 heteroatoms. The third-order valence-electron chi connectivity index (χ3n) is 16.1. The number of esters is 1. The fraction of sp³-hybridized carbons (Fsp3) is 0.861. The van der Waals surface area contributed by atoms with Crippen LogP contribution in [0, 0.1) is 0 Å². The number of allylic oxidation sites excluding steroid dienone is 8. The molecule has 2 atom stereocenters. The van der Waals surface area contributed by atoms with Gasteiger partial charge >= 0.3 is 5.97 Å². The molecule has 0 fully saturated rings. The van der Waals surface area contributed by atoms with Crippen LogP contribution in [0.4, 0.5) is 0 Å². The Morgan fingerprint density at radius 1 is 0.359 bits per heavy atom. The number of ether oxygens (including phenoxy) is 1. The predicted octanol–water partition coefficient (Wildman–Crippen LogP) is 22.5. The van der Waals surface area contributed by atoms with Gasteiger partial charge in [0.15, 0.2) is 0 Å². The van der Waals surface area contributed by atoms with Crippen molar-refractivity contribution in [1.82, 2.24) is 5.32 Å². The smallest absolute Gasteiger partial charge is 0.305 e. The largest absolute Gasteiger partial charge is 0.466 e. The van der Waals surface area contributed by atoms with Crippen LogP contribution in [0.5, 0.6) is 0 Å². The number of nitrogens with one attached hydrogen (secondary N) is 1. The number of amides is 1. The van der Waals surface area contributed by atoms with Crippen LogP contribution in [0.1, 0.15) is 373 Å². The van der Waals surface area contributed by atoms with Crippen LogP contribution in [-0.4, -0.2) is 47.4 Å². The zero-order valence-electron chi connectivity index (χ0n) is 52.4. The second-order valence-corrected chi connectivity index (χ2v) is 23.9. The highest BCUT2D eigenvalue weighted by Gasteiger charge is 2.20. The molecule has 3 N–H and O–H groups in total. The Balaban J connectivity index is 3.38. The van der Waals surface area contributed by atoms with Crippen molar-refractivity contribution in [3.05, 3.63) is 48.6 Å². The summed E-state index contributed by atoms with van der Waals surface area (Å²) in [5.74, 6) is -0.0322. The van der Waals surface area contributed by atoms with Crippen LogP contribution in [-0.2, 0) is 14.3 Å². The topological polar surface area (TPSA) is 95.9 Å². The number of unbranched alkanes of at least 4 members (excludes halogenated alkanes) is 46. The Kier molecular flexibility index (Phi) is 65.4. The van der Waals surface area contributed by atoms with Crippen molar-refractivity contribution in [3.8, 4) is 0 Å².